The Morgan fingerprint density at radius 1 is 1.18 bits per heavy atom. The number of aryl methyl sites for hydroxylation is 1. The Morgan fingerprint density at radius 2 is 1.93 bits per heavy atom. The minimum absolute atomic E-state index is 0.155. The second kappa shape index (κ2) is 8.06. The number of anilines is 2. The van der Waals surface area contributed by atoms with Gasteiger partial charge in [0, 0.05) is 12.6 Å². The topological polar surface area (TPSA) is 70.8 Å². The van der Waals surface area contributed by atoms with Crippen molar-refractivity contribution in [3.05, 3.63) is 63.6 Å². The van der Waals surface area contributed by atoms with Gasteiger partial charge in [-0.15, -0.1) is 0 Å². The van der Waals surface area contributed by atoms with Crippen molar-refractivity contribution in [1.82, 2.24) is 0 Å². The third-order valence-electron chi connectivity index (χ3n) is 4.30. The van der Waals surface area contributed by atoms with Crippen LogP contribution >= 0.6 is 11.8 Å². The predicted octanol–water partition coefficient (Wildman–Crippen LogP) is 5.21. The molecule has 0 aliphatic carbocycles. The van der Waals surface area contributed by atoms with Gasteiger partial charge in [-0.25, -0.2) is 9.18 Å². The number of halogens is 1. The molecule has 0 spiro atoms. The average molecular weight is 401 g/mol. The van der Waals surface area contributed by atoms with Crippen LogP contribution in [0.5, 0.6) is 0 Å². The van der Waals surface area contributed by atoms with E-state index in [4.69, 9.17) is 4.42 Å². The number of nitrogens with zero attached hydrogens (tertiary/aromatic N) is 1. The third kappa shape index (κ3) is 3.75. The first-order valence-corrected chi connectivity index (χ1v) is 9.86. The molecule has 0 aliphatic rings. The number of carbonyl (C=O) groups is 1. The summed E-state index contributed by atoms with van der Waals surface area (Å²) in [5.41, 5.74) is 1.81. The van der Waals surface area contributed by atoms with E-state index in [9.17, 15) is 19.1 Å². The summed E-state index contributed by atoms with van der Waals surface area (Å²) in [6, 6.07) is 8.70. The standard InChI is InChI=1S/C21H20FNO4S/c1-4-23(16-7-6-13(22)10-14(16)21(25)26)17-9-12(3)8-15-18(24)11-19(28-5-2)27-20(15)17/h6-11H,4-5H2,1-3H3,(H,25,26). The molecule has 0 fully saturated rings. The fourth-order valence-corrected chi connectivity index (χ4v) is 3.78. The van der Waals surface area contributed by atoms with Gasteiger partial charge in [0.15, 0.2) is 16.1 Å². The van der Waals surface area contributed by atoms with Crippen LogP contribution in [0.3, 0.4) is 0 Å². The lowest BCUT2D eigenvalue weighted by atomic mass is 10.1. The van der Waals surface area contributed by atoms with E-state index in [0.717, 1.165) is 17.4 Å². The van der Waals surface area contributed by atoms with Crippen molar-refractivity contribution in [2.75, 3.05) is 17.2 Å². The molecular formula is C21H20FNO4S. The van der Waals surface area contributed by atoms with E-state index < -0.39 is 11.8 Å². The number of carboxylic acid groups (broad SMARTS) is 1. The third-order valence-corrected chi connectivity index (χ3v) is 5.08. The molecule has 1 N–H and O–H groups in total. The number of carboxylic acids is 1. The van der Waals surface area contributed by atoms with E-state index in [1.165, 1.54) is 30.0 Å². The summed E-state index contributed by atoms with van der Waals surface area (Å²) >= 11 is 1.41. The quantitative estimate of drug-likeness (QED) is 0.572. The summed E-state index contributed by atoms with van der Waals surface area (Å²) in [5.74, 6) is -1.11. The summed E-state index contributed by atoms with van der Waals surface area (Å²) in [7, 11) is 0. The van der Waals surface area contributed by atoms with Crippen molar-refractivity contribution in [2.45, 2.75) is 25.9 Å². The van der Waals surface area contributed by atoms with Gasteiger partial charge >= 0.3 is 5.97 Å². The molecule has 0 radical (unpaired) electrons. The van der Waals surface area contributed by atoms with Crippen LogP contribution in [0.1, 0.15) is 29.8 Å². The van der Waals surface area contributed by atoms with Crippen LogP contribution in [0.25, 0.3) is 11.0 Å². The monoisotopic (exact) mass is 401 g/mol. The maximum atomic E-state index is 13.6. The van der Waals surface area contributed by atoms with Gasteiger partial charge in [0.25, 0.3) is 0 Å². The van der Waals surface area contributed by atoms with Gasteiger partial charge in [-0.2, -0.15) is 0 Å². The lowest BCUT2D eigenvalue weighted by Gasteiger charge is -2.26. The van der Waals surface area contributed by atoms with E-state index in [1.807, 2.05) is 26.8 Å². The van der Waals surface area contributed by atoms with Crippen molar-refractivity contribution in [1.29, 1.82) is 0 Å². The van der Waals surface area contributed by atoms with Crippen LogP contribution in [-0.2, 0) is 0 Å². The molecule has 0 saturated heterocycles. The number of rotatable bonds is 6. The summed E-state index contributed by atoms with van der Waals surface area (Å²) in [5, 5.41) is 10.5. The van der Waals surface area contributed by atoms with Gasteiger partial charge in [-0.1, -0.05) is 18.7 Å². The Kier molecular flexibility index (Phi) is 5.74. The lowest BCUT2D eigenvalue weighted by molar-refractivity contribution is 0.0697. The van der Waals surface area contributed by atoms with E-state index in [1.54, 1.807) is 11.0 Å². The predicted molar refractivity (Wildman–Crippen MR) is 110 cm³/mol. The zero-order valence-corrected chi connectivity index (χ0v) is 16.6. The summed E-state index contributed by atoms with van der Waals surface area (Å²) in [6.45, 7) is 6.07. The fourth-order valence-electron chi connectivity index (χ4n) is 3.16. The van der Waals surface area contributed by atoms with Gasteiger partial charge < -0.3 is 14.4 Å². The van der Waals surface area contributed by atoms with Crippen molar-refractivity contribution >= 4 is 40.1 Å². The van der Waals surface area contributed by atoms with Crippen LogP contribution in [0.4, 0.5) is 15.8 Å². The van der Waals surface area contributed by atoms with Crippen LogP contribution < -0.4 is 10.3 Å². The van der Waals surface area contributed by atoms with Gasteiger partial charge in [0.2, 0.25) is 0 Å². The SMILES string of the molecule is CCSc1cc(=O)c2cc(C)cc(N(CC)c3ccc(F)cc3C(=O)O)c2o1. The first kappa shape index (κ1) is 19.9. The van der Waals surface area contributed by atoms with Gasteiger partial charge in [0.05, 0.1) is 22.3 Å². The molecule has 7 heteroatoms. The Balaban J connectivity index is 2.32. The lowest BCUT2D eigenvalue weighted by Crippen LogP contribution is -2.20. The molecule has 1 aromatic heterocycles. The van der Waals surface area contributed by atoms with Crippen molar-refractivity contribution in [2.24, 2.45) is 0 Å². The number of hydrogen-bond donors (Lipinski definition) is 1. The molecule has 0 aliphatic heterocycles. The van der Waals surface area contributed by atoms with E-state index in [2.05, 4.69) is 0 Å². The number of aromatic carboxylic acids is 1. The highest BCUT2D eigenvalue weighted by molar-refractivity contribution is 7.99. The van der Waals surface area contributed by atoms with Crippen molar-refractivity contribution < 1.29 is 18.7 Å². The maximum absolute atomic E-state index is 13.6. The van der Waals surface area contributed by atoms with Crippen LogP contribution in [-0.4, -0.2) is 23.4 Å². The first-order valence-electron chi connectivity index (χ1n) is 8.87. The van der Waals surface area contributed by atoms with E-state index in [-0.39, 0.29) is 11.0 Å². The highest BCUT2D eigenvalue weighted by Gasteiger charge is 2.21. The molecule has 1 heterocycles. The molecule has 3 aromatic rings. The zero-order chi connectivity index (χ0) is 20.4. The Labute approximate surface area is 165 Å². The van der Waals surface area contributed by atoms with Crippen molar-refractivity contribution in [3.8, 4) is 0 Å². The molecule has 146 valence electrons. The largest absolute Gasteiger partial charge is 0.478 e. The molecular weight excluding hydrogens is 381 g/mol. The summed E-state index contributed by atoms with van der Waals surface area (Å²) in [6.07, 6.45) is 0. The smallest absolute Gasteiger partial charge is 0.337 e. The fraction of sp³-hybridized carbons (Fsp3) is 0.238. The van der Waals surface area contributed by atoms with Gasteiger partial charge in [0.1, 0.15) is 5.82 Å². The van der Waals surface area contributed by atoms with Gasteiger partial charge in [-0.05, 0) is 55.5 Å². The molecule has 0 amide bonds. The molecule has 0 atom stereocenters. The summed E-state index contributed by atoms with van der Waals surface area (Å²) < 4.78 is 19.6. The number of benzene rings is 2. The number of thioether (sulfide) groups is 1. The Bertz CT molecular complexity index is 1110. The van der Waals surface area contributed by atoms with E-state index in [0.29, 0.717) is 34.0 Å². The summed E-state index contributed by atoms with van der Waals surface area (Å²) in [4.78, 5) is 26.0. The molecule has 0 unspecified atom stereocenters. The average Bonchev–Trinajstić information content (AvgIpc) is 2.64. The normalized spacial score (nSPS) is 11.0. The highest BCUT2D eigenvalue weighted by atomic mass is 32.2. The molecule has 3 rings (SSSR count). The number of hydrogen-bond acceptors (Lipinski definition) is 5. The molecule has 5 nitrogen and oxygen atoms in total. The van der Waals surface area contributed by atoms with E-state index >= 15 is 0 Å². The van der Waals surface area contributed by atoms with Crippen LogP contribution in [0.2, 0.25) is 0 Å². The first-order chi connectivity index (χ1) is 13.3. The minimum atomic E-state index is -1.23. The molecule has 2 aromatic carbocycles. The molecule has 0 saturated carbocycles. The number of fused-ring (bicyclic) bond motifs is 1. The van der Waals surface area contributed by atoms with Crippen LogP contribution in [0.15, 0.2) is 50.7 Å². The highest BCUT2D eigenvalue weighted by Crippen LogP contribution is 2.36. The second-order valence-electron chi connectivity index (χ2n) is 6.23. The minimum Gasteiger partial charge on any atom is -0.478 e. The Morgan fingerprint density at radius 3 is 2.57 bits per heavy atom. The second-order valence-corrected chi connectivity index (χ2v) is 7.50. The molecule has 0 bridgehead atoms. The maximum Gasteiger partial charge on any atom is 0.337 e. The van der Waals surface area contributed by atoms with Crippen molar-refractivity contribution in [3.63, 3.8) is 0 Å². The van der Waals surface area contributed by atoms with Crippen LogP contribution in [0, 0.1) is 12.7 Å². The zero-order valence-electron chi connectivity index (χ0n) is 15.8. The van der Waals surface area contributed by atoms with Gasteiger partial charge in [-0.3, -0.25) is 4.79 Å². The Hall–Kier alpha value is -2.80. The molecule has 28 heavy (non-hydrogen) atoms.